The fourth-order valence-electron chi connectivity index (χ4n) is 3.10. The molecule has 1 aliphatic carbocycles. The highest BCUT2D eigenvalue weighted by atomic mass is 32.2. The molecular weight excluding hydrogens is 406 g/mol. The van der Waals surface area contributed by atoms with Crippen LogP contribution in [0.4, 0.5) is 5.69 Å². The molecule has 0 aliphatic heterocycles. The van der Waals surface area contributed by atoms with E-state index in [2.05, 4.69) is 15.2 Å². The maximum absolute atomic E-state index is 12.5. The number of carbonyl (C=O) groups is 1. The monoisotopic (exact) mass is 427 g/mol. The molecule has 3 rings (SSSR count). The lowest BCUT2D eigenvalue weighted by atomic mass is 9.76. The average molecular weight is 427 g/mol. The van der Waals surface area contributed by atoms with Crippen LogP contribution < -0.4 is 10.1 Å². The van der Waals surface area contributed by atoms with E-state index in [0.717, 1.165) is 0 Å². The van der Waals surface area contributed by atoms with E-state index in [4.69, 9.17) is 0 Å². The summed E-state index contributed by atoms with van der Waals surface area (Å²) in [5, 5.41) is 26.3. The van der Waals surface area contributed by atoms with Gasteiger partial charge >= 0.3 is 0 Å². The molecule has 2 aromatic carbocycles. The van der Waals surface area contributed by atoms with Crippen LogP contribution in [0.2, 0.25) is 0 Å². The van der Waals surface area contributed by atoms with Crippen LogP contribution >= 0.6 is 0 Å². The number of phenols is 2. The minimum absolute atomic E-state index is 0.0191. The number of hydrogen-bond acceptors (Lipinski definition) is 6. The van der Waals surface area contributed by atoms with Crippen LogP contribution in [-0.2, 0) is 20.2 Å². The van der Waals surface area contributed by atoms with Gasteiger partial charge in [0.15, 0.2) is 0 Å². The first kappa shape index (κ1) is 21.1. The highest BCUT2D eigenvalue weighted by Crippen LogP contribution is 2.38. The zero-order valence-electron chi connectivity index (χ0n) is 16.1. The quantitative estimate of drug-likeness (QED) is 0.416. The number of sulfonamides is 1. The largest absolute Gasteiger partial charge is 0.508 e. The molecule has 1 unspecified atom stereocenters. The zero-order chi connectivity index (χ0) is 21.8. The smallest absolute Gasteiger partial charge is 0.276 e. The number of nitrogens with one attached hydrogen (secondary N) is 2. The third kappa shape index (κ3) is 4.69. The molecule has 0 aromatic heterocycles. The van der Waals surface area contributed by atoms with E-state index >= 15 is 0 Å². The van der Waals surface area contributed by atoms with E-state index in [-0.39, 0.29) is 22.3 Å². The van der Waals surface area contributed by atoms with Gasteiger partial charge in [-0.2, -0.15) is 13.5 Å². The van der Waals surface area contributed by atoms with Gasteiger partial charge in [-0.05, 0) is 36.8 Å². The zero-order valence-corrected chi connectivity index (χ0v) is 16.9. The maximum atomic E-state index is 12.5. The van der Waals surface area contributed by atoms with Crippen LogP contribution in [0.3, 0.4) is 0 Å². The van der Waals surface area contributed by atoms with Gasteiger partial charge in [-0.15, -0.1) is 0 Å². The molecule has 1 amide bonds. The summed E-state index contributed by atoms with van der Waals surface area (Å²) in [5.74, 6) is -0.467. The molecule has 1 aliphatic rings. The van der Waals surface area contributed by atoms with Crippen molar-refractivity contribution in [2.45, 2.75) is 23.7 Å². The molecular formula is C21H21N3O5S. The summed E-state index contributed by atoms with van der Waals surface area (Å²) in [6.45, 7) is 1.36. The number of hydrazone groups is 1. The Bertz CT molecular complexity index is 1140. The lowest BCUT2D eigenvalue weighted by Crippen LogP contribution is -2.28. The van der Waals surface area contributed by atoms with Crippen molar-refractivity contribution in [3.63, 3.8) is 0 Å². The molecule has 0 fully saturated rings. The molecule has 8 nitrogen and oxygen atoms in total. The lowest BCUT2D eigenvalue weighted by Gasteiger charge is -2.28. The lowest BCUT2D eigenvalue weighted by molar-refractivity contribution is -0.114. The maximum Gasteiger partial charge on any atom is 0.276 e. The van der Waals surface area contributed by atoms with Crippen molar-refractivity contribution in [3.05, 3.63) is 72.3 Å². The number of benzene rings is 2. The number of allylic oxidation sites excluding steroid dienone is 4. The molecule has 0 heterocycles. The third-order valence-corrected chi connectivity index (χ3v) is 5.77. The molecule has 2 aromatic rings. The molecule has 0 radical (unpaired) electrons. The molecule has 0 saturated heterocycles. The normalized spacial score (nSPS) is 18.4. The van der Waals surface area contributed by atoms with Crippen molar-refractivity contribution in [3.8, 4) is 11.5 Å². The van der Waals surface area contributed by atoms with Gasteiger partial charge in [-0.1, -0.05) is 30.4 Å². The number of hydrogen-bond donors (Lipinski definition) is 4. The van der Waals surface area contributed by atoms with Crippen LogP contribution in [0.15, 0.2) is 76.8 Å². The van der Waals surface area contributed by atoms with Crippen molar-refractivity contribution in [2.24, 2.45) is 5.10 Å². The first-order chi connectivity index (χ1) is 14.2. The Morgan fingerprint density at radius 1 is 1.13 bits per heavy atom. The summed E-state index contributed by atoms with van der Waals surface area (Å²) in [7, 11) is -3.94. The van der Waals surface area contributed by atoms with E-state index in [9.17, 15) is 23.4 Å². The van der Waals surface area contributed by atoms with Gasteiger partial charge < -0.3 is 15.5 Å². The molecule has 1 atom stereocenters. The van der Waals surface area contributed by atoms with Gasteiger partial charge in [0.25, 0.3) is 10.0 Å². The molecule has 9 heteroatoms. The van der Waals surface area contributed by atoms with Crippen LogP contribution in [0.25, 0.3) is 0 Å². The highest BCUT2D eigenvalue weighted by molar-refractivity contribution is 7.89. The number of phenolic OH excluding ortho intramolecular Hbond substituents is 2. The standard InChI is InChI=1S/C21H21N3O5S/c1-15(25)23-16-5-8-18(9-6-16)30(28,29)24-22-14-21(11-3-2-4-12-21)19-10-7-17(26)13-20(19)27/h2-11,13-14,24,26-27H,12H2,1H3,(H,23,25). The number of anilines is 1. The van der Waals surface area contributed by atoms with Crippen LogP contribution in [0.5, 0.6) is 11.5 Å². The Balaban J connectivity index is 1.84. The second-order valence-electron chi connectivity index (χ2n) is 6.79. The predicted octanol–water partition coefficient (Wildman–Crippen LogP) is 2.77. The van der Waals surface area contributed by atoms with Gasteiger partial charge in [0.1, 0.15) is 11.5 Å². The van der Waals surface area contributed by atoms with E-state index < -0.39 is 15.4 Å². The number of amides is 1. The van der Waals surface area contributed by atoms with Crippen molar-refractivity contribution in [2.75, 3.05) is 5.32 Å². The van der Waals surface area contributed by atoms with E-state index in [0.29, 0.717) is 17.7 Å². The predicted molar refractivity (Wildman–Crippen MR) is 114 cm³/mol. The first-order valence-electron chi connectivity index (χ1n) is 9.02. The van der Waals surface area contributed by atoms with Crippen LogP contribution in [0.1, 0.15) is 18.9 Å². The Hall–Kier alpha value is -3.59. The average Bonchev–Trinajstić information content (AvgIpc) is 2.68. The van der Waals surface area contributed by atoms with Crippen LogP contribution in [-0.4, -0.2) is 30.8 Å². The van der Waals surface area contributed by atoms with Gasteiger partial charge in [0.2, 0.25) is 5.91 Å². The molecule has 156 valence electrons. The topological polar surface area (TPSA) is 128 Å². The Labute approximate surface area is 174 Å². The number of rotatable bonds is 6. The van der Waals surface area contributed by atoms with Crippen LogP contribution in [0, 0.1) is 0 Å². The molecule has 30 heavy (non-hydrogen) atoms. The Morgan fingerprint density at radius 3 is 2.47 bits per heavy atom. The van der Waals surface area contributed by atoms with Crippen molar-refractivity contribution in [1.82, 2.24) is 4.83 Å². The summed E-state index contributed by atoms with van der Waals surface area (Å²) in [5.41, 5.74) is 0.0685. The summed E-state index contributed by atoms with van der Waals surface area (Å²) < 4.78 is 25.1. The third-order valence-electron chi connectivity index (χ3n) is 4.53. The van der Waals surface area contributed by atoms with Crippen molar-refractivity contribution >= 4 is 27.8 Å². The summed E-state index contributed by atoms with van der Waals surface area (Å²) >= 11 is 0. The SMILES string of the molecule is CC(=O)Nc1ccc(S(=O)(=O)NN=CC2(c3ccc(O)cc3O)C=CC=CC2)cc1. The fraction of sp³-hybridized carbons (Fsp3) is 0.143. The highest BCUT2D eigenvalue weighted by Gasteiger charge is 2.31. The molecule has 0 spiro atoms. The fourth-order valence-corrected chi connectivity index (χ4v) is 3.89. The minimum atomic E-state index is -3.94. The summed E-state index contributed by atoms with van der Waals surface area (Å²) in [6.07, 6.45) is 9.12. The molecule has 4 N–H and O–H groups in total. The number of aromatic hydroxyl groups is 2. The molecule has 0 saturated carbocycles. The second-order valence-corrected chi connectivity index (χ2v) is 8.45. The van der Waals surface area contributed by atoms with Crippen molar-refractivity contribution in [1.29, 1.82) is 0 Å². The second kappa shape index (κ2) is 8.42. The van der Waals surface area contributed by atoms with Gasteiger partial charge in [-0.3, -0.25) is 4.79 Å². The van der Waals surface area contributed by atoms with E-state index in [1.165, 1.54) is 49.5 Å². The summed E-state index contributed by atoms with van der Waals surface area (Å²) in [6, 6.07) is 9.89. The van der Waals surface area contributed by atoms with E-state index in [1.54, 1.807) is 18.2 Å². The van der Waals surface area contributed by atoms with Crippen molar-refractivity contribution < 1.29 is 23.4 Å². The first-order valence-corrected chi connectivity index (χ1v) is 10.5. The molecule has 0 bridgehead atoms. The number of carbonyl (C=O) groups excluding carboxylic acids is 1. The Kier molecular flexibility index (Phi) is 5.93. The van der Waals surface area contributed by atoms with Gasteiger partial charge in [0.05, 0.1) is 10.3 Å². The number of nitrogens with zero attached hydrogens (tertiary/aromatic N) is 1. The Morgan fingerprint density at radius 2 is 1.87 bits per heavy atom. The summed E-state index contributed by atoms with van der Waals surface area (Å²) in [4.78, 5) is 13.2. The van der Waals surface area contributed by atoms with E-state index in [1.807, 2.05) is 12.2 Å². The van der Waals surface area contributed by atoms with Gasteiger partial charge in [0, 0.05) is 30.5 Å². The minimum Gasteiger partial charge on any atom is -0.508 e. The van der Waals surface area contributed by atoms with Gasteiger partial charge in [-0.25, -0.2) is 4.83 Å².